The summed E-state index contributed by atoms with van der Waals surface area (Å²) in [6, 6.07) is 6.99. The number of benzene rings is 1. The molecule has 1 amide bonds. The molecule has 0 bridgehead atoms. The van der Waals surface area contributed by atoms with Gasteiger partial charge in [-0.25, -0.2) is 4.98 Å². The smallest absolute Gasteiger partial charge is 0.258 e. The molecule has 6 heteroatoms. The minimum absolute atomic E-state index is 0.0780. The van der Waals surface area contributed by atoms with Crippen LogP contribution in [-0.4, -0.2) is 29.6 Å². The Morgan fingerprint density at radius 1 is 1.40 bits per heavy atom. The number of amides is 1. The second-order valence-corrected chi connectivity index (χ2v) is 4.20. The van der Waals surface area contributed by atoms with Crippen LogP contribution in [0, 0.1) is 0 Å². The van der Waals surface area contributed by atoms with Crippen molar-refractivity contribution in [1.82, 2.24) is 15.3 Å². The van der Waals surface area contributed by atoms with Crippen LogP contribution < -0.4 is 14.8 Å². The minimum Gasteiger partial charge on any atom is -0.493 e. The van der Waals surface area contributed by atoms with Crippen LogP contribution in [0.25, 0.3) is 0 Å². The van der Waals surface area contributed by atoms with E-state index >= 15 is 0 Å². The number of nitrogens with one attached hydrogen (secondary N) is 2. The van der Waals surface area contributed by atoms with Crippen LogP contribution in [-0.2, 0) is 4.79 Å². The highest BCUT2D eigenvalue weighted by Gasteiger charge is 2.12. The van der Waals surface area contributed by atoms with E-state index in [1.807, 2.05) is 19.1 Å². The van der Waals surface area contributed by atoms with E-state index in [1.54, 1.807) is 31.6 Å². The molecule has 0 aliphatic rings. The average Bonchev–Trinajstić information content (AvgIpc) is 2.99. The number of carbonyl (C=O) groups is 1. The zero-order valence-electron chi connectivity index (χ0n) is 11.4. The topological polar surface area (TPSA) is 76.2 Å². The monoisotopic (exact) mass is 275 g/mol. The highest BCUT2D eigenvalue weighted by molar-refractivity contribution is 5.78. The molecule has 6 nitrogen and oxygen atoms in total. The zero-order valence-corrected chi connectivity index (χ0v) is 11.4. The lowest BCUT2D eigenvalue weighted by atomic mass is 10.3. The van der Waals surface area contributed by atoms with Gasteiger partial charge in [0.1, 0.15) is 5.82 Å². The Kier molecular flexibility index (Phi) is 4.60. The highest BCUT2D eigenvalue weighted by atomic mass is 16.5. The van der Waals surface area contributed by atoms with Gasteiger partial charge in [0.15, 0.2) is 18.1 Å². The molecule has 1 unspecified atom stereocenters. The third kappa shape index (κ3) is 3.50. The molecule has 0 fully saturated rings. The number of aromatic amines is 1. The fourth-order valence-corrected chi connectivity index (χ4v) is 1.75. The highest BCUT2D eigenvalue weighted by Crippen LogP contribution is 2.25. The van der Waals surface area contributed by atoms with Crippen molar-refractivity contribution < 1.29 is 14.3 Å². The van der Waals surface area contributed by atoms with Crippen molar-refractivity contribution in [2.75, 3.05) is 13.7 Å². The van der Waals surface area contributed by atoms with Gasteiger partial charge in [-0.15, -0.1) is 0 Å². The van der Waals surface area contributed by atoms with Crippen molar-refractivity contribution in [2.24, 2.45) is 0 Å². The number of aromatic nitrogens is 2. The lowest BCUT2D eigenvalue weighted by Crippen LogP contribution is -2.31. The van der Waals surface area contributed by atoms with Gasteiger partial charge in [0.2, 0.25) is 0 Å². The van der Waals surface area contributed by atoms with Crippen LogP contribution in [0.1, 0.15) is 18.8 Å². The first-order valence-corrected chi connectivity index (χ1v) is 6.25. The maximum atomic E-state index is 11.8. The number of H-pyrrole nitrogens is 1. The molecule has 0 saturated heterocycles. The third-order valence-electron chi connectivity index (χ3n) is 2.73. The molecule has 2 N–H and O–H groups in total. The summed E-state index contributed by atoms with van der Waals surface area (Å²) in [4.78, 5) is 18.8. The predicted molar refractivity (Wildman–Crippen MR) is 73.6 cm³/mol. The Bertz CT molecular complexity index is 555. The number of hydrogen-bond donors (Lipinski definition) is 2. The molecule has 0 spiro atoms. The Labute approximate surface area is 117 Å². The molecule has 1 aromatic carbocycles. The number of methoxy groups -OCH3 is 1. The summed E-state index contributed by atoms with van der Waals surface area (Å²) < 4.78 is 10.6. The Balaban J connectivity index is 1.86. The van der Waals surface area contributed by atoms with Gasteiger partial charge >= 0.3 is 0 Å². The van der Waals surface area contributed by atoms with Crippen LogP contribution >= 0.6 is 0 Å². The van der Waals surface area contributed by atoms with Gasteiger partial charge in [-0.2, -0.15) is 0 Å². The number of nitrogens with zero attached hydrogens (tertiary/aromatic N) is 1. The summed E-state index contributed by atoms with van der Waals surface area (Å²) in [5.74, 6) is 1.62. The van der Waals surface area contributed by atoms with Crippen molar-refractivity contribution in [3.8, 4) is 11.5 Å². The predicted octanol–water partition coefficient (Wildman–Crippen LogP) is 1.67. The van der Waals surface area contributed by atoms with Gasteiger partial charge in [0.05, 0.1) is 13.2 Å². The van der Waals surface area contributed by atoms with Gasteiger partial charge < -0.3 is 19.8 Å². The number of para-hydroxylation sites is 2. The van der Waals surface area contributed by atoms with Gasteiger partial charge in [-0.1, -0.05) is 12.1 Å². The van der Waals surface area contributed by atoms with Crippen molar-refractivity contribution in [2.45, 2.75) is 13.0 Å². The van der Waals surface area contributed by atoms with E-state index in [4.69, 9.17) is 9.47 Å². The van der Waals surface area contributed by atoms with Gasteiger partial charge in [-0.3, -0.25) is 4.79 Å². The van der Waals surface area contributed by atoms with E-state index in [9.17, 15) is 4.79 Å². The van der Waals surface area contributed by atoms with E-state index in [0.717, 1.165) is 0 Å². The van der Waals surface area contributed by atoms with E-state index in [0.29, 0.717) is 17.3 Å². The summed E-state index contributed by atoms with van der Waals surface area (Å²) in [6.45, 7) is 1.77. The maximum absolute atomic E-state index is 11.8. The molecule has 1 atom stereocenters. The van der Waals surface area contributed by atoms with E-state index in [-0.39, 0.29) is 18.6 Å². The standard InChI is InChI=1S/C14H17N3O3/c1-10(14-15-7-8-16-14)17-13(18)9-20-12-6-4-3-5-11(12)19-2/h3-8,10H,9H2,1-2H3,(H,15,16)(H,17,18). The Morgan fingerprint density at radius 3 is 2.80 bits per heavy atom. The second-order valence-electron chi connectivity index (χ2n) is 4.20. The maximum Gasteiger partial charge on any atom is 0.258 e. The molecule has 0 saturated carbocycles. The van der Waals surface area contributed by atoms with Crippen molar-refractivity contribution in [3.63, 3.8) is 0 Å². The van der Waals surface area contributed by atoms with Crippen molar-refractivity contribution in [1.29, 1.82) is 0 Å². The van der Waals surface area contributed by atoms with E-state index in [1.165, 1.54) is 0 Å². The molecular weight excluding hydrogens is 258 g/mol. The molecule has 1 heterocycles. The second kappa shape index (κ2) is 6.60. The van der Waals surface area contributed by atoms with Crippen molar-refractivity contribution in [3.05, 3.63) is 42.5 Å². The number of carbonyl (C=O) groups excluding carboxylic acids is 1. The largest absolute Gasteiger partial charge is 0.493 e. The average molecular weight is 275 g/mol. The molecular formula is C14H17N3O3. The normalized spacial score (nSPS) is 11.7. The molecule has 0 aliphatic heterocycles. The number of ether oxygens (including phenoxy) is 2. The summed E-state index contributed by atoms with van der Waals surface area (Å²) in [5.41, 5.74) is 0. The first kappa shape index (κ1) is 13.9. The van der Waals surface area contributed by atoms with Crippen molar-refractivity contribution >= 4 is 5.91 Å². The van der Waals surface area contributed by atoms with Crippen LogP contribution in [0.3, 0.4) is 0 Å². The lowest BCUT2D eigenvalue weighted by Gasteiger charge is -2.13. The van der Waals surface area contributed by atoms with E-state index in [2.05, 4.69) is 15.3 Å². The fourth-order valence-electron chi connectivity index (χ4n) is 1.75. The SMILES string of the molecule is COc1ccccc1OCC(=O)NC(C)c1ncc[nH]1. The molecule has 0 radical (unpaired) electrons. The molecule has 106 valence electrons. The molecule has 2 rings (SSSR count). The van der Waals surface area contributed by atoms with Gasteiger partial charge in [0.25, 0.3) is 5.91 Å². The lowest BCUT2D eigenvalue weighted by molar-refractivity contribution is -0.123. The van der Waals surface area contributed by atoms with Gasteiger partial charge in [0, 0.05) is 12.4 Å². The summed E-state index contributed by atoms with van der Waals surface area (Å²) in [5, 5.41) is 2.79. The Hall–Kier alpha value is -2.50. The van der Waals surface area contributed by atoms with Crippen LogP contribution in [0.15, 0.2) is 36.7 Å². The fraction of sp³-hybridized carbons (Fsp3) is 0.286. The quantitative estimate of drug-likeness (QED) is 0.841. The third-order valence-corrected chi connectivity index (χ3v) is 2.73. The number of imidazole rings is 1. The summed E-state index contributed by atoms with van der Waals surface area (Å²) >= 11 is 0. The molecule has 20 heavy (non-hydrogen) atoms. The van der Waals surface area contributed by atoms with Crippen LogP contribution in [0.2, 0.25) is 0 Å². The first-order chi connectivity index (χ1) is 9.70. The van der Waals surface area contributed by atoms with Crippen LogP contribution in [0.5, 0.6) is 11.5 Å². The number of rotatable bonds is 6. The van der Waals surface area contributed by atoms with Crippen LogP contribution in [0.4, 0.5) is 0 Å². The molecule has 0 aliphatic carbocycles. The number of hydrogen-bond acceptors (Lipinski definition) is 4. The summed E-state index contributed by atoms with van der Waals surface area (Å²) in [7, 11) is 1.56. The minimum atomic E-state index is -0.222. The van der Waals surface area contributed by atoms with Gasteiger partial charge in [-0.05, 0) is 19.1 Å². The van der Waals surface area contributed by atoms with E-state index < -0.39 is 0 Å². The zero-order chi connectivity index (χ0) is 14.4. The first-order valence-electron chi connectivity index (χ1n) is 6.25. The summed E-state index contributed by atoms with van der Waals surface area (Å²) in [6.07, 6.45) is 3.35. The Morgan fingerprint density at radius 2 is 2.15 bits per heavy atom. The molecule has 1 aromatic heterocycles. The molecule has 2 aromatic rings.